The van der Waals surface area contributed by atoms with Crippen molar-refractivity contribution in [2.24, 2.45) is 11.8 Å². The standard InChI is InChI=1S/C37H59N5O8/c1-10-26(2)33(38-36(48)49-25-28-19-15-12-16-20-28)35(47)40(7)22-30(43)39(6)23-31(44)42(9)29(21-27-17-13-11-14-18-27)34(46)41(8)24-32(45)50-37(3,4)5/h12,15-16,19-20,26-27,29,33H,10-11,13-14,17-18,21-25H2,1-9H3,(H,38,48)/t26-,29-,33-/m0/s1. The second-order valence-corrected chi connectivity index (χ2v) is 14.6. The lowest BCUT2D eigenvalue weighted by atomic mass is 9.84. The minimum absolute atomic E-state index is 0.0445. The Morgan fingerprint density at radius 1 is 0.820 bits per heavy atom. The van der Waals surface area contributed by atoms with Gasteiger partial charge in [-0.2, -0.15) is 0 Å². The first-order valence-electron chi connectivity index (χ1n) is 17.6. The van der Waals surface area contributed by atoms with E-state index in [1.165, 1.54) is 40.7 Å². The van der Waals surface area contributed by atoms with Crippen LogP contribution in [0.5, 0.6) is 0 Å². The number of hydrogen-bond donors (Lipinski definition) is 1. The molecule has 50 heavy (non-hydrogen) atoms. The van der Waals surface area contributed by atoms with Gasteiger partial charge in [0.1, 0.15) is 30.8 Å². The highest BCUT2D eigenvalue weighted by Gasteiger charge is 2.35. The fraction of sp³-hybridized carbons (Fsp3) is 0.676. The first kappa shape index (κ1) is 42.0. The van der Waals surface area contributed by atoms with Gasteiger partial charge in [-0.15, -0.1) is 0 Å². The number of ether oxygens (including phenoxy) is 2. The smallest absolute Gasteiger partial charge is 0.408 e. The maximum atomic E-state index is 13.7. The SMILES string of the molecule is CC[C@H](C)[C@H](NC(=O)OCc1ccccc1)C(=O)N(C)CC(=O)N(C)CC(=O)N(C)[C@@H](CC1CCCCC1)C(=O)N(C)CC(=O)OC(C)(C)C. The molecule has 280 valence electrons. The van der Waals surface area contributed by atoms with E-state index in [9.17, 15) is 28.8 Å². The number of alkyl carbamates (subject to hydrolysis) is 1. The second kappa shape index (κ2) is 19.9. The van der Waals surface area contributed by atoms with Crippen molar-refractivity contribution in [3.8, 4) is 0 Å². The molecule has 0 aliphatic heterocycles. The van der Waals surface area contributed by atoms with Gasteiger partial charge in [-0.25, -0.2) is 4.79 Å². The summed E-state index contributed by atoms with van der Waals surface area (Å²) in [5, 5.41) is 2.65. The summed E-state index contributed by atoms with van der Waals surface area (Å²) in [5.74, 6) is -2.31. The quantitative estimate of drug-likeness (QED) is 0.256. The third-order valence-electron chi connectivity index (χ3n) is 9.10. The van der Waals surface area contributed by atoms with Crippen molar-refractivity contribution in [2.75, 3.05) is 47.8 Å². The van der Waals surface area contributed by atoms with E-state index in [1.807, 2.05) is 44.2 Å². The summed E-state index contributed by atoms with van der Waals surface area (Å²) in [4.78, 5) is 84.1. The molecule has 1 saturated carbocycles. The molecule has 13 heteroatoms. The van der Waals surface area contributed by atoms with Gasteiger partial charge in [0.15, 0.2) is 0 Å². The molecule has 1 aliphatic rings. The summed E-state index contributed by atoms with van der Waals surface area (Å²) in [6, 6.07) is 7.42. The van der Waals surface area contributed by atoms with Gasteiger partial charge in [0, 0.05) is 28.2 Å². The number of carbonyl (C=O) groups excluding carboxylic acids is 6. The lowest BCUT2D eigenvalue weighted by Gasteiger charge is -2.35. The van der Waals surface area contributed by atoms with Crippen molar-refractivity contribution in [1.29, 1.82) is 0 Å². The number of likely N-dealkylation sites (N-methyl/N-ethyl adjacent to an activating group) is 4. The maximum Gasteiger partial charge on any atom is 0.408 e. The van der Waals surface area contributed by atoms with Crippen molar-refractivity contribution < 1.29 is 38.2 Å². The molecule has 1 N–H and O–H groups in total. The predicted octanol–water partition coefficient (Wildman–Crippen LogP) is 3.84. The Bertz CT molecular complexity index is 1290. The van der Waals surface area contributed by atoms with Gasteiger partial charge >= 0.3 is 12.1 Å². The van der Waals surface area contributed by atoms with Crippen LogP contribution in [0.25, 0.3) is 0 Å². The normalized spacial score (nSPS) is 15.1. The van der Waals surface area contributed by atoms with E-state index < -0.39 is 47.5 Å². The molecule has 1 aliphatic carbocycles. The van der Waals surface area contributed by atoms with Crippen molar-refractivity contribution >= 4 is 35.7 Å². The van der Waals surface area contributed by atoms with Crippen molar-refractivity contribution in [1.82, 2.24) is 24.9 Å². The van der Waals surface area contributed by atoms with Gasteiger partial charge in [-0.05, 0) is 44.6 Å². The molecule has 1 aromatic carbocycles. The molecular weight excluding hydrogens is 642 g/mol. The van der Waals surface area contributed by atoms with Crippen LogP contribution in [0.2, 0.25) is 0 Å². The summed E-state index contributed by atoms with van der Waals surface area (Å²) < 4.78 is 10.7. The van der Waals surface area contributed by atoms with Crippen LogP contribution in [-0.4, -0.2) is 121 Å². The summed E-state index contributed by atoms with van der Waals surface area (Å²) in [6.07, 6.45) is 5.46. The number of nitrogens with one attached hydrogen (secondary N) is 1. The molecule has 3 atom stereocenters. The minimum Gasteiger partial charge on any atom is -0.459 e. The number of carbonyl (C=O) groups is 6. The molecule has 0 bridgehead atoms. The fourth-order valence-corrected chi connectivity index (χ4v) is 5.85. The van der Waals surface area contributed by atoms with Gasteiger partial charge in [-0.3, -0.25) is 24.0 Å². The summed E-state index contributed by atoms with van der Waals surface area (Å²) in [6.45, 7) is 8.11. The number of nitrogens with zero attached hydrogens (tertiary/aromatic N) is 4. The average molecular weight is 702 g/mol. The first-order chi connectivity index (χ1) is 23.4. The highest BCUT2D eigenvalue weighted by atomic mass is 16.6. The second-order valence-electron chi connectivity index (χ2n) is 14.6. The third-order valence-corrected chi connectivity index (χ3v) is 9.10. The van der Waals surface area contributed by atoms with Gasteiger partial charge in [0.25, 0.3) is 0 Å². The van der Waals surface area contributed by atoms with E-state index >= 15 is 0 Å². The number of hydrogen-bond acceptors (Lipinski definition) is 8. The summed E-state index contributed by atoms with van der Waals surface area (Å²) in [5.41, 5.74) is 0.0999. The maximum absolute atomic E-state index is 13.7. The summed E-state index contributed by atoms with van der Waals surface area (Å²) >= 11 is 0. The molecule has 2 rings (SSSR count). The first-order valence-corrected chi connectivity index (χ1v) is 17.6. The van der Waals surface area contributed by atoms with Gasteiger partial charge < -0.3 is 34.4 Å². The molecule has 5 amide bonds. The molecule has 0 heterocycles. The highest BCUT2D eigenvalue weighted by Crippen LogP contribution is 2.29. The minimum atomic E-state index is -0.927. The zero-order chi connectivity index (χ0) is 37.6. The van der Waals surface area contributed by atoms with Crippen molar-refractivity contribution in [3.63, 3.8) is 0 Å². The number of amides is 5. The number of esters is 1. The van der Waals surface area contributed by atoms with Crippen molar-refractivity contribution in [2.45, 2.75) is 104 Å². The van der Waals surface area contributed by atoms with Gasteiger partial charge in [0.05, 0.1) is 13.1 Å². The molecule has 1 fully saturated rings. The van der Waals surface area contributed by atoms with Crippen LogP contribution in [0.3, 0.4) is 0 Å². The number of benzene rings is 1. The Hall–Kier alpha value is -4.16. The largest absolute Gasteiger partial charge is 0.459 e. The van der Waals surface area contributed by atoms with Crippen LogP contribution in [0.15, 0.2) is 30.3 Å². The number of rotatable bonds is 16. The molecule has 1 aromatic rings. The Balaban J connectivity index is 2.05. The van der Waals surface area contributed by atoms with Crippen LogP contribution >= 0.6 is 0 Å². The lowest BCUT2D eigenvalue weighted by Crippen LogP contribution is -2.54. The van der Waals surface area contributed by atoms with Crippen LogP contribution in [0.1, 0.15) is 85.1 Å². The zero-order valence-electron chi connectivity index (χ0n) is 31.5. The molecular formula is C37H59N5O8. The van der Waals surface area contributed by atoms with Gasteiger partial charge in [-0.1, -0.05) is 82.7 Å². The zero-order valence-corrected chi connectivity index (χ0v) is 31.5. The van der Waals surface area contributed by atoms with Crippen LogP contribution in [0, 0.1) is 11.8 Å². The van der Waals surface area contributed by atoms with Crippen LogP contribution in [0.4, 0.5) is 4.79 Å². The fourth-order valence-electron chi connectivity index (χ4n) is 5.85. The van der Waals surface area contributed by atoms with Crippen LogP contribution in [-0.2, 0) is 40.1 Å². The molecule has 0 spiro atoms. The Morgan fingerprint density at radius 2 is 1.40 bits per heavy atom. The van der Waals surface area contributed by atoms with E-state index in [4.69, 9.17) is 9.47 Å². The summed E-state index contributed by atoms with van der Waals surface area (Å²) in [7, 11) is 5.99. The monoisotopic (exact) mass is 701 g/mol. The topological polar surface area (TPSA) is 146 Å². The Kier molecular flexibility index (Phi) is 16.7. The Labute approximate surface area is 298 Å². The highest BCUT2D eigenvalue weighted by molar-refractivity contribution is 5.93. The molecule has 0 saturated heterocycles. The lowest BCUT2D eigenvalue weighted by molar-refractivity contribution is -0.159. The Morgan fingerprint density at radius 3 is 1.98 bits per heavy atom. The average Bonchev–Trinajstić information content (AvgIpc) is 3.07. The van der Waals surface area contributed by atoms with Crippen molar-refractivity contribution in [3.05, 3.63) is 35.9 Å². The van der Waals surface area contributed by atoms with Gasteiger partial charge in [0.2, 0.25) is 23.6 Å². The van der Waals surface area contributed by atoms with E-state index in [0.717, 1.165) is 37.7 Å². The van der Waals surface area contributed by atoms with E-state index in [0.29, 0.717) is 12.8 Å². The predicted molar refractivity (Wildman–Crippen MR) is 190 cm³/mol. The van der Waals surface area contributed by atoms with E-state index in [2.05, 4.69) is 5.32 Å². The molecule has 0 unspecified atom stereocenters. The third kappa shape index (κ3) is 14.0. The van der Waals surface area contributed by atoms with Crippen LogP contribution < -0.4 is 5.32 Å². The van der Waals surface area contributed by atoms with E-state index in [-0.39, 0.29) is 44.0 Å². The van der Waals surface area contributed by atoms with E-state index in [1.54, 1.807) is 27.8 Å². The molecule has 0 aromatic heterocycles. The molecule has 0 radical (unpaired) electrons. The molecule has 13 nitrogen and oxygen atoms in total.